The fourth-order valence-electron chi connectivity index (χ4n) is 1.78. The van der Waals surface area contributed by atoms with Crippen molar-refractivity contribution in [3.8, 4) is 0 Å². The van der Waals surface area contributed by atoms with Crippen LogP contribution in [0.1, 0.15) is 27.3 Å². The number of rotatable bonds is 4. The minimum absolute atomic E-state index is 0.0777. The number of nitrogens with zero attached hydrogens (tertiary/aromatic N) is 3. The highest BCUT2D eigenvalue weighted by Gasteiger charge is 2.17. The van der Waals surface area contributed by atoms with Crippen LogP contribution >= 0.6 is 0 Å². The minimum Gasteiger partial charge on any atom is -0.476 e. The van der Waals surface area contributed by atoms with Gasteiger partial charge in [0, 0.05) is 6.54 Å². The number of carbonyl (C=O) groups is 1. The molecule has 1 aromatic heterocycles. The summed E-state index contributed by atoms with van der Waals surface area (Å²) in [5.41, 5.74) is 8.10. The Morgan fingerprint density at radius 1 is 1.44 bits per heavy atom. The number of aromatic nitrogens is 3. The van der Waals surface area contributed by atoms with E-state index in [-0.39, 0.29) is 12.2 Å². The van der Waals surface area contributed by atoms with E-state index < -0.39 is 5.97 Å². The van der Waals surface area contributed by atoms with E-state index in [0.717, 1.165) is 11.1 Å². The third kappa shape index (κ3) is 2.23. The first-order valence-corrected chi connectivity index (χ1v) is 5.53. The molecule has 0 bridgehead atoms. The van der Waals surface area contributed by atoms with Crippen molar-refractivity contribution in [3.63, 3.8) is 0 Å². The number of aromatic carboxylic acids is 1. The second-order valence-corrected chi connectivity index (χ2v) is 3.98. The van der Waals surface area contributed by atoms with E-state index in [2.05, 4.69) is 10.3 Å². The van der Waals surface area contributed by atoms with Crippen LogP contribution in [-0.2, 0) is 13.1 Å². The van der Waals surface area contributed by atoms with E-state index >= 15 is 0 Å². The summed E-state index contributed by atoms with van der Waals surface area (Å²) in [4.78, 5) is 10.9. The minimum atomic E-state index is -1.11. The van der Waals surface area contributed by atoms with Gasteiger partial charge < -0.3 is 10.8 Å². The lowest BCUT2D eigenvalue weighted by molar-refractivity contribution is 0.0689. The van der Waals surface area contributed by atoms with Gasteiger partial charge in [-0.1, -0.05) is 29.5 Å². The average Bonchev–Trinajstić information content (AvgIpc) is 2.75. The number of carboxylic acids is 1. The van der Waals surface area contributed by atoms with Crippen molar-refractivity contribution < 1.29 is 9.90 Å². The molecule has 1 heterocycles. The molecule has 94 valence electrons. The predicted octanol–water partition coefficient (Wildman–Crippen LogP) is 0.792. The Bertz CT molecular complexity index is 577. The SMILES string of the molecule is Cc1ccccc1Cn1nnc(C(=O)O)c1CN. The summed E-state index contributed by atoms with van der Waals surface area (Å²) in [7, 11) is 0. The van der Waals surface area contributed by atoms with Crippen LogP contribution in [0.5, 0.6) is 0 Å². The second-order valence-electron chi connectivity index (χ2n) is 3.98. The molecule has 18 heavy (non-hydrogen) atoms. The van der Waals surface area contributed by atoms with Gasteiger partial charge >= 0.3 is 5.97 Å². The molecule has 0 aliphatic rings. The van der Waals surface area contributed by atoms with Crippen LogP contribution < -0.4 is 5.73 Å². The molecule has 0 spiro atoms. The molecule has 0 saturated carbocycles. The molecule has 0 fully saturated rings. The van der Waals surface area contributed by atoms with Crippen LogP contribution in [0.25, 0.3) is 0 Å². The fraction of sp³-hybridized carbons (Fsp3) is 0.250. The average molecular weight is 246 g/mol. The van der Waals surface area contributed by atoms with E-state index in [1.807, 2.05) is 31.2 Å². The Balaban J connectivity index is 2.35. The molecule has 0 unspecified atom stereocenters. The highest BCUT2D eigenvalue weighted by molar-refractivity contribution is 5.86. The Morgan fingerprint density at radius 2 is 2.17 bits per heavy atom. The molecule has 0 radical (unpaired) electrons. The smallest absolute Gasteiger partial charge is 0.358 e. The molecule has 1 aromatic carbocycles. The predicted molar refractivity (Wildman–Crippen MR) is 65.2 cm³/mol. The maximum Gasteiger partial charge on any atom is 0.358 e. The van der Waals surface area contributed by atoms with Crippen LogP contribution in [0.15, 0.2) is 24.3 Å². The van der Waals surface area contributed by atoms with E-state index in [9.17, 15) is 4.79 Å². The zero-order valence-electron chi connectivity index (χ0n) is 10.00. The number of nitrogens with two attached hydrogens (primary N) is 1. The lowest BCUT2D eigenvalue weighted by Crippen LogP contribution is -2.13. The fourth-order valence-corrected chi connectivity index (χ4v) is 1.78. The highest BCUT2D eigenvalue weighted by atomic mass is 16.4. The molecule has 6 heteroatoms. The third-order valence-electron chi connectivity index (χ3n) is 2.81. The summed E-state index contributed by atoms with van der Waals surface area (Å²) in [5, 5.41) is 16.5. The van der Waals surface area contributed by atoms with E-state index in [4.69, 9.17) is 10.8 Å². The first kappa shape index (κ1) is 12.3. The van der Waals surface area contributed by atoms with Crippen molar-refractivity contribution >= 4 is 5.97 Å². The van der Waals surface area contributed by atoms with E-state index in [0.29, 0.717) is 12.2 Å². The molecule has 0 amide bonds. The van der Waals surface area contributed by atoms with E-state index in [1.165, 1.54) is 4.68 Å². The van der Waals surface area contributed by atoms with Gasteiger partial charge in [0.05, 0.1) is 12.2 Å². The molecule has 2 rings (SSSR count). The van der Waals surface area contributed by atoms with Gasteiger partial charge in [0.15, 0.2) is 5.69 Å². The molecule has 0 saturated heterocycles. The Morgan fingerprint density at radius 3 is 2.78 bits per heavy atom. The van der Waals surface area contributed by atoms with Crippen LogP contribution in [0, 0.1) is 6.92 Å². The molecule has 0 atom stereocenters. The first-order valence-electron chi connectivity index (χ1n) is 5.53. The van der Waals surface area contributed by atoms with Crippen LogP contribution in [0.4, 0.5) is 0 Å². The first-order chi connectivity index (χ1) is 8.63. The van der Waals surface area contributed by atoms with Gasteiger partial charge in [0.2, 0.25) is 0 Å². The van der Waals surface area contributed by atoms with E-state index in [1.54, 1.807) is 0 Å². The molecule has 0 aliphatic heterocycles. The molecule has 6 nitrogen and oxygen atoms in total. The number of carboxylic acid groups (broad SMARTS) is 1. The Kier molecular flexibility index (Phi) is 3.38. The number of hydrogen-bond acceptors (Lipinski definition) is 4. The third-order valence-corrected chi connectivity index (χ3v) is 2.81. The van der Waals surface area contributed by atoms with Gasteiger partial charge in [-0.2, -0.15) is 0 Å². The lowest BCUT2D eigenvalue weighted by Gasteiger charge is -2.07. The van der Waals surface area contributed by atoms with Crippen LogP contribution in [-0.4, -0.2) is 26.1 Å². The topological polar surface area (TPSA) is 94.0 Å². The van der Waals surface area contributed by atoms with Gasteiger partial charge in [-0.15, -0.1) is 5.10 Å². The van der Waals surface area contributed by atoms with Crippen molar-refractivity contribution in [2.75, 3.05) is 0 Å². The summed E-state index contributed by atoms with van der Waals surface area (Å²) in [5.74, 6) is -1.11. The number of aryl methyl sites for hydroxylation is 1. The van der Waals surface area contributed by atoms with Crippen molar-refractivity contribution in [3.05, 3.63) is 46.8 Å². The summed E-state index contributed by atoms with van der Waals surface area (Å²) >= 11 is 0. The van der Waals surface area contributed by atoms with Crippen LogP contribution in [0.2, 0.25) is 0 Å². The molecule has 2 aromatic rings. The van der Waals surface area contributed by atoms with Crippen molar-refractivity contribution in [2.45, 2.75) is 20.0 Å². The summed E-state index contributed by atoms with van der Waals surface area (Å²) in [6.07, 6.45) is 0. The molecular formula is C12H14N4O2. The standard InChI is InChI=1S/C12H14N4O2/c1-8-4-2-3-5-9(8)7-16-10(6-13)11(12(17)18)14-15-16/h2-5H,6-7,13H2,1H3,(H,17,18). The summed E-state index contributed by atoms with van der Waals surface area (Å²) < 4.78 is 1.53. The normalized spacial score (nSPS) is 10.6. The Labute approximate surface area is 104 Å². The lowest BCUT2D eigenvalue weighted by atomic mass is 10.1. The molecular weight excluding hydrogens is 232 g/mol. The monoisotopic (exact) mass is 246 g/mol. The van der Waals surface area contributed by atoms with Gasteiger partial charge in [0.1, 0.15) is 0 Å². The van der Waals surface area contributed by atoms with Gasteiger partial charge in [-0.25, -0.2) is 9.48 Å². The van der Waals surface area contributed by atoms with Crippen molar-refractivity contribution in [1.82, 2.24) is 15.0 Å². The maximum absolute atomic E-state index is 10.9. The van der Waals surface area contributed by atoms with Crippen molar-refractivity contribution in [2.24, 2.45) is 5.73 Å². The Hall–Kier alpha value is -2.21. The van der Waals surface area contributed by atoms with Crippen molar-refractivity contribution in [1.29, 1.82) is 0 Å². The maximum atomic E-state index is 10.9. The summed E-state index contributed by atoms with van der Waals surface area (Å²) in [6, 6.07) is 7.84. The largest absolute Gasteiger partial charge is 0.476 e. The van der Waals surface area contributed by atoms with Gasteiger partial charge in [0.25, 0.3) is 0 Å². The zero-order chi connectivity index (χ0) is 13.1. The molecule has 3 N–H and O–H groups in total. The number of hydrogen-bond donors (Lipinski definition) is 2. The highest BCUT2D eigenvalue weighted by Crippen LogP contribution is 2.12. The zero-order valence-corrected chi connectivity index (χ0v) is 10.00. The van der Waals surface area contributed by atoms with Gasteiger partial charge in [-0.3, -0.25) is 0 Å². The van der Waals surface area contributed by atoms with Crippen LogP contribution in [0.3, 0.4) is 0 Å². The van der Waals surface area contributed by atoms with Gasteiger partial charge in [-0.05, 0) is 18.1 Å². The quantitative estimate of drug-likeness (QED) is 0.831. The molecule has 0 aliphatic carbocycles. The second kappa shape index (κ2) is 4.97. The number of benzene rings is 1. The summed E-state index contributed by atoms with van der Waals surface area (Å²) in [6.45, 7) is 2.56.